The molecule has 1 aliphatic rings. The van der Waals surface area contributed by atoms with Gasteiger partial charge in [0.05, 0.1) is 0 Å². The highest BCUT2D eigenvalue weighted by Crippen LogP contribution is 2.20. The Labute approximate surface area is 156 Å². The van der Waals surface area contributed by atoms with Gasteiger partial charge in [-0.25, -0.2) is 0 Å². The highest BCUT2D eigenvalue weighted by molar-refractivity contribution is 5.80. The van der Waals surface area contributed by atoms with Crippen LogP contribution < -0.4 is 5.32 Å². The predicted octanol–water partition coefficient (Wildman–Crippen LogP) is 3.25. The molecule has 3 rings (SSSR count). The fraction of sp³-hybridized carbons (Fsp3) is 0.524. The van der Waals surface area contributed by atoms with Gasteiger partial charge >= 0.3 is 0 Å². The summed E-state index contributed by atoms with van der Waals surface area (Å²) in [5, 5.41) is 3.30. The van der Waals surface area contributed by atoms with Crippen molar-refractivity contribution in [2.45, 2.75) is 51.7 Å². The number of nitrogens with one attached hydrogen (secondary N) is 1. The van der Waals surface area contributed by atoms with E-state index in [1.54, 1.807) is 0 Å². The lowest BCUT2D eigenvalue weighted by Crippen LogP contribution is -2.46. The van der Waals surface area contributed by atoms with Crippen molar-refractivity contribution in [1.82, 2.24) is 19.8 Å². The Balaban J connectivity index is 1.50. The smallest absolute Gasteiger partial charge is 0.243 e. The van der Waals surface area contributed by atoms with Crippen LogP contribution in [0.3, 0.4) is 0 Å². The molecule has 140 valence electrons. The molecule has 1 aliphatic heterocycles. The van der Waals surface area contributed by atoms with Crippen molar-refractivity contribution < 1.29 is 4.79 Å². The molecule has 2 aromatic rings. The molecule has 5 nitrogen and oxygen atoms in total. The van der Waals surface area contributed by atoms with E-state index in [1.165, 1.54) is 5.56 Å². The average molecular weight is 354 g/mol. The number of hydrogen-bond acceptors (Lipinski definition) is 3. The highest BCUT2D eigenvalue weighted by Gasteiger charge is 2.26. The summed E-state index contributed by atoms with van der Waals surface area (Å²) in [5.41, 5.74) is 1.25. The lowest BCUT2D eigenvalue weighted by molar-refractivity contribution is -0.125. The van der Waals surface area contributed by atoms with Gasteiger partial charge in [-0.3, -0.25) is 14.7 Å². The molecule has 3 heterocycles. The van der Waals surface area contributed by atoms with Gasteiger partial charge < -0.3 is 9.88 Å². The summed E-state index contributed by atoms with van der Waals surface area (Å²) in [7, 11) is 0. The number of carbonyl (C=O) groups excluding carboxylic acids is 1. The maximum atomic E-state index is 12.9. The number of nitrogens with zero attached hydrogens (tertiary/aromatic N) is 3. The monoisotopic (exact) mass is 354 g/mol. The topological polar surface area (TPSA) is 50.2 Å². The number of likely N-dealkylation sites (tertiary alicyclic amines) is 1. The Morgan fingerprint density at radius 3 is 2.58 bits per heavy atom. The van der Waals surface area contributed by atoms with Crippen LogP contribution in [0.2, 0.25) is 0 Å². The summed E-state index contributed by atoms with van der Waals surface area (Å²) in [5.74, 6) is 0.634. The molecule has 1 amide bonds. The summed E-state index contributed by atoms with van der Waals surface area (Å²) in [6.45, 7) is 7.30. The first-order valence-corrected chi connectivity index (χ1v) is 9.66. The standard InChI is InChI=1S/C21H30N4O/c1-17(2)14-20(25-10-3-4-11-25)21(26)23-19-7-12-24(13-8-19)16-18-6-5-9-22-15-18/h3-6,9-11,15,17,19-20H,7-8,12-14,16H2,1-2H3,(H,23,26)/t20-/m1/s1. The second kappa shape index (κ2) is 8.99. The largest absolute Gasteiger partial charge is 0.351 e. The zero-order valence-corrected chi connectivity index (χ0v) is 15.8. The maximum absolute atomic E-state index is 12.9. The van der Waals surface area contributed by atoms with Crippen molar-refractivity contribution in [3.63, 3.8) is 0 Å². The van der Waals surface area contributed by atoms with E-state index in [0.717, 1.165) is 38.9 Å². The molecule has 0 spiro atoms. The summed E-state index contributed by atoms with van der Waals surface area (Å²) >= 11 is 0. The number of amides is 1. The minimum Gasteiger partial charge on any atom is -0.351 e. The first kappa shape index (κ1) is 18.6. The molecule has 0 aromatic carbocycles. The van der Waals surface area contributed by atoms with Gasteiger partial charge in [-0.05, 0) is 48.9 Å². The van der Waals surface area contributed by atoms with Crippen LogP contribution in [0.5, 0.6) is 0 Å². The zero-order valence-electron chi connectivity index (χ0n) is 15.8. The van der Waals surface area contributed by atoms with Gasteiger partial charge in [0, 0.05) is 50.5 Å². The van der Waals surface area contributed by atoms with Crippen LogP contribution >= 0.6 is 0 Å². The van der Waals surface area contributed by atoms with Crippen LogP contribution in [0.25, 0.3) is 0 Å². The van der Waals surface area contributed by atoms with Crippen LogP contribution in [0, 0.1) is 5.92 Å². The summed E-state index contributed by atoms with van der Waals surface area (Å²) in [6, 6.07) is 8.23. The van der Waals surface area contributed by atoms with E-state index in [9.17, 15) is 4.79 Å². The van der Waals surface area contributed by atoms with Crippen LogP contribution in [0.4, 0.5) is 0 Å². The van der Waals surface area contributed by atoms with Crippen molar-refractivity contribution in [3.05, 3.63) is 54.6 Å². The number of rotatable bonds is 7. The molecule has 1 fully saturated rings. The van der Waals surface area contributed by atoms with Crippen molar-refractivity contribution in [1.29, 1.82) is 0 Å². The van der Waals surface area contributed by atoms with E-state index in [2.05, 4.69) is 35.1 Å². The molecule has 1 N–H and O–H groups in total. The van der Waals surface area contributed by atoms with Crippen molar-refractivity contribution in [2.24, 2.45) is 5.92 Å². The van der Waals surface area contributed by atoms with Crippen molar-refractivity contribution in [3.8, 4) is 0 Å². The van der Waals surface area contributed by atoms with Crippen LogP contribution in [-0.4, -0.2) is 39.5 Å². The molecule has 0 bridgehead atoms. The van der Waals surface area contributed by atoms with Gasteiger partial charge in [-0.1, -0.05) is 19.9 Å². The minimum absolute atomic E-state index is 0.113. The second-order valence-corrected chi connectivity index (χ2v) is 7.70. The van der Waals surface area contributed by atoms with Gasteiger partial charge in [0.15, 0.2) is 0 Å². The lowest BCUT2D eigenvalue weighted by Gasteiger charge is -2.33. The third-order valence-electron chi connectivity index (χ3n) is 5.05. The Morgan fingerprint density at radius 2 is 1.96 bits per heavy atom. The molecule has 1 saturated heterocycles. The Bertz CT molecular complexity index is 661. The zero-order chi connectivity index (χ0) is 18.4. The van der Waals surface area contributed by atoms with E-state index >= 15 is 0 Å². The summed E-state index contributed by atoms with van der Waals surface area (Å²) in [6.07, 6.45) is 10.6. The fourth-order valence-corrected chi connectivity index (χ4v) is 3.65. The molecule has 0 aliphatic carbocycles. The van der Waals surface area contributed by atoms with E-state index < -0.39 is 0 Å². The third kappa shape index (κ3) is 5.18. The second-order valence-electron chi connectivity index (χ2n) is 7.70. The van der Waals surface area contributed by atoms with Gasteiger partial charge in [0.1, 0.15) is 6.04 Å². The Hall–Kier alpha value is -2.14. The lowest BCUT2D eigenvalue weighted by atomic mass is 10.0. The van der Waals surface area contributed by atoms with E-state index in [-0.39, 0.29) is 18.0 Å². The molecule has 0 unspecified atom stereocenters. The van der Waals surface area contributed by atoms with E-state index in [4.69, 9.17) is 0 Å². The number of aromatic nitrogens is 2. The molecule has 1 atom stereocenters. The SMILES string of the molecule is CC(C)C[C@H](C(=O)NC1CCN(Cc2cccnc2)CC1)n1cccc1. The normalized spacial score (nSPS) is 17.3. The van der Waals surface area contributed by atoms with Gasteiger partial charge in [0.2, 0.25) is 5.91 Å². The Morgan fingerprint density at radius 1 is 1.23 bits per heavy atom. The number of carbonyl (C=O) groups is 1. The molecular formula is C21H30N4O. The van der Waals surface area contributed by atoms with Gasteiger partial charge in [-0.2, -0.15) is 0 Å². The third-order valence-corrected chi connectivity index (χ3v) is 5.05. The number of piperidine rings is 1. The number of pyridine rings is 1. The average Bonchev–Trinajstić information content (AvgIpc) is 3.16. The van der Waals surface area contributed by atoms with Crippen LogP contribution in [0.15, 0.2) is 49.1 Å². The maximum Gasteiger partial charge on any atom is 0.243 e. The van der Waals surface area contributed by atoms with Crippen molar-refractivity contribution in [2.75, 3.05) is 13.1 Å². The van der Waals surface area contributed by atoms with Crippen LogP contribution in [-0.2, 0) is 11.3 Å². The molecule has 5 heteroatoms. The molecular weight excluding hydrogens is 324 g/mol. The van der Waals surface area contributed by atoms with Gasteiger partial charge in [0.25, 0.3) is 0 Å². The first-order chi connectivity index (χ1) is 12.6. The summed E-state index contributed by atoms with van der Waals surface area (Å²) < 4.78 is 2.03. The highest BCUT2D eigenvalue weighted by atomic mass is 16.2. The first-order valence-electron chi connectivity index (χ1n) is 9.66. The summed E-state index contributed by atoms with van der Waals surface area (Å²) in [4.78, 5) is 19.5. The number of hydrogen-bond donors (Lipinski definition) is 1. The van der Waals surface area contributed by atoms with Crippen molar-refractivity contribution >= 4 is 5.91 Å². The minimum atomic E-state index is -0.113. The van der Waals surface area contributed by atoms with Gasteiger partial charge in [-0.15, -0.1) is 0 Å². The van der Waals surface area contributed by atoms with E-state index in [1.807, 2.05) is 47.6 Å². The fourth-order valence-electron chi connectivity index (χ4n) is 3.65. The molecule has 26 heavy (non-hydrogen) atoms. The van der Waals surface area contributed by atoms with E-state index in [0.29, 0.717) is 5.92 Å². The molecule has 2 aromatic heterocycles. The predicted molar refractivity (Wildman–Crippen MR) is 104 cm³/mol. The quantitative estimate of drug-likeness (QED) is 0.830. The van der Waals surface area contributed by atoms with Crippen LogP contribution in [0.1, 0.15) is 44.7 Å². The Kier molecular flexibility index (Phi) is 6.45. The molecule has 0 saturated carbocycles. The molecule has 0 radical (unpaired) electrons.